The Bertz CT molecular complexity index is 583. The lowest BCUT2D eigenvalue weighted by molar-refractivity contribution is 1.09. The van der Waals surface area contributed by atoms with Crippen LogP contribution in [0.3, 0.4) is 0 Å². The number of nitrogens with zero attached hydrogens (tertiary/aromatic N) is 1. The lowest BCUT2D eigenvalue weighted by atomic mass is 10.1. The van der Waals surface area contributed by atoms with E-state index in [1.807, 2.05) is 6.07 Å². The summed E-state index contributed by atoms with van der Waals surface area (Å²) in [5, 5.41) is 12.4. The largest absolute Gasteiger partial charge is 0.380 e. The Hall–Kier alpha value is -2.07. The molecule has 0 amide bonds. The van der Waals surface area contributed by atoms with E-state index in [4.69, 9.17) is 0 Å². The predicted octanol–water partition coefficient (Wildman–Crippen LogP) is 3.75. The normalized spacial score (nSPS) is 10.4. The smallest absolute Gasteiger partial charge is 0.0650 e. The summed E-state index contributed by atoms with van der Waals surface area (Å²) in [5.74, 6) is 0. The van der Waals surface area contributed by atoms with Crippen LogP contribution in [0.2, 0.25) is 0 Å². The fourth-order valence-electron chi connectivity index (χ4n) is 1.79. The van der Waals surface area contributed by atoms with Crippen molar-refractivity contribution in [3.05, 3.63) is 58.9 Å². The van der Waals surface area contributed by atoms with Crippen LogP contribution in [0, 0.1) is 0 Å². The first-order valence-corrected chi connectivity index (χ1v) is 6.66. The summed E-state index contributed by atoms with van der Waals surface area (Å²) in [4.78, 5) is 1.34. The molecule has 0 saturated heterocycles. The third-order valence-corrected chi connectivity index (χ3v) is 3.62. The van der Waals surface area contributed by atoms with Gasteiger partial charge in [0.05, 0.1) is 5.69 Å². The van der Waals surface area contributed by atoms with Crippen molar-refractivity contribution in [1.29, 1.82) is 0 Å². The number of thiophene rings is 1. The molecule has 0 fully saturated rings. The van der Waals surface area contributed by atoms with E-state index in [0.29, 0.717) is 0 Å². The molecule has 0 aliphatic rings. The van der Waals surface area contributed by atoms with Gasteiger partial charge in [-0.2, -0.15) is 5.10 Å². The van der Waals surface area contributed by atoms with Gasteiger partial charge >= 0.3 is 0 Å². The minimum absolute atomic E-state index is 0.876. The molecule has 0 aliphatic heterocycles. The van der Waals surface area contributed by atoms with Crippen LogP contribution in [0.5, 0.6) is 0 Å². The Kier molecular flexibility index (Phi) is 3.10. The average molecular weight is 255 g/mol. The second-order valence-electron chi connectivity index (χ2n) is 3.98. The molecule has 0 radical (unpaired) electrons. The fraction of sp³-hybridized carbons (Fsp3) is 0.0714. The third-order valence-electron chi connectivity index (χ3n) is 2.74. The second-order valence-corrected chi connectivity index (χ2v) is 5.01. The molecule has 0 saturated carbocycles. The summed E-state index contributed by atoms with van der Waals surface area (Å²) in [6.07, 6.45) is 1.76. The predicted molar refractivity (Wildman–Crippen MR) is 75.7 cm³/mol. The summed E-state index contributed by atoms with van der Waals surface area (Å²) < 4.78 is 0. The topological polar surface area (TPSA) is 40.7 Å². The standard InChI is InChI=1S/C14H13N3S/c1-2-13(18-9-1)10-15-12-5-3-11(4-6-12)14-7-8-16-17-14/h1-9,15H,10H2,(H,16,17). The molecule has 4 heteroatoms. The number of aromatic amines is 1. The lowest BCUT2D eigenvalue weighted by Gasteiger charge is -2.05. The van der Waals surface area contributed by atoms with Gasteiger partial charge in [0, 0.05) is 23.3 Å². The van der Waals surface area contributed by atoms with E-state index < -0.39 is 0 Å². The van der Waals surface area contributed by atoms with Gasteiger partial charge in [0.2, 0.25) is 0 Å². The number of benzene rings is 1. The van der Waals surface area contributed by atoms with E-state index in [2.05, 4.69) is 57.3 Å². The van der Waals surface area contributed by atoms with Gasteiger partial charge in [0.25, 0.3) is 0 Å². The number of rotatable bonds is 4. The van der Waals surface area contributed by atoms with Crippen LogP contribution in [-0.4, -0.2) is 10.2 Å². The number of H-pyrrole nitrogens is 1. The minimum atomic E-state index is 0.876. The van der Waals surface area contributed by atoms with Crippen molar-refractivity contribution >= 4 is 17.0 Å². The number of hydrogen-bond donors (Lipinski definition) is 2. The third kappa shape index (κ3) is 2.43. The van der Waals surface area contributed by atoms with E-state index in [1.165, 1.54) is 4.88 Å². The van der Waals surface area contributed by atoms with Gasteiger partial charge < -0.3 is 5.32 Å². The maximum absolute atomic E-state index is 3.95. The summed E-state index contributed by atoms with van der Waals surface area (Å²) >= 11 is 1.77. The quantitative estimate of drug-likeness (QED) is 0.745. The highest BCUT2D eigenvalue weighted by Gasteiger charge is 1.99. The fourth-order valence-corrected chi connectivity index (χ4v) is 2.43. The van der Waals surface area contributed by atoms with E-state index in [-0.39, 0.29) is 0 Å². The average Bonchev–Trinajstić information content (AvgIpc) is 3.10. The van der Waals surface area contributed by atoms with Crippen LogP contribution >= 0.6 is 11.3 Å². The van der Waals surface area contributed by atoms with Crippen LogP contribution in [-0.2, 0) is 6.54 Å². The van der Waals surface area contributed by atoms with E-state index in [0.717, 1.165) is 23.5 Å². The number of anilines is 1. The van der Waals surface area contributed by atoms with Gasteiger partial charge in [0.1, 0.15) is 0 Å². The van der Waals surface area contributed by atoms with Crippen LogP contribution < -0.4 is 5.32 Å². The zero-order chi connectivity index (χ0) is 12.2. The molecule has 2 aromatic heterocycles. The number of aromatic nitrogens is 2. The Labute approximate surface area is 109 Å². The molecule has 2 heterocycles. The highest BCUT2D eigenvalue weighted by Crippen LogP contribution is 2.19. The molecule has 1 aromatic carbocycles. The molecular formula is C14H13N3S. The maximum atomic E-state index is 3.95. The molecule has 18 heavy (non-hydrogen) atoms. The molecule has 0 aliphatic carbocycles. The first kappa shape index (κ1) is 11.0. The van der Waals surface area contributed by atoms with Crippen molar-refractivity contribution < 1.29 is 0 Å². The molecule has 3 rings (SSSR count). The molecule has 3 nitrogen and oxygen atoms in total. The summed E-state index contributed by atoms with van der Waals surface area (Å²) in [7, 11) is 0. The van der Waals surface area contributed by atoms with Gasteiger partial charge in [-0.25, -0.2) is 0 Å². The first-order chi connectivity index (χ1) is 8.92. The number of nitrogens with one attached hydrogen (secondary N) is 2. The van der Waals surface area contributed by atoms with Crippen molar-refractivity contribution in [3.8, 4) is 11.3 Å². The molecule has 90 valence electrons. The van der Waals surface area contributed by atoms with E-state index >= 15 is 0 Å². The van der Waals surface area contributed by atoms with Crippen LogP contribution in [0.25, 0.3) is 11.3 Å². The SMILES string of the molecule is c1csc(CNc2ccc(-c3ccn[nH]3)cc2)c1. The monoisotopic (exact) mass is 255 g/mol. The van der Waals surface area contributed by atoms with Crippen molar-refractivity contribution in [2.45, 2.75) is 6.54 Å². The molecule has 0 unspecified atom stereocenters. The van der Waals surface area contributed by atoms with E-state index in [1.54, 1.807) is 17.5 Å². The summed E-state index contributed by atoms with van der Waals surface area (Å²) in [6, 6.07) is 14.5. The first-order valence-electron chi connectivity index (χ1n) is 5.78. The maximum Gasteiger partial charge on any atom is 0.0650 e. The lowest BCUT2D eigenvalue weighted by Crippen LogP contribution is -1.96. The highest BCUT2D eigenvalue weighted by molar-refractivity contribution is 7.09. The van der Waals surface area contributed by atoms with E-state index in [9.17, 15) is 0 Å². The van der Waals surface area contributed by atoms with Gasteiger partial charge in [-0.3, -0.25) is 5.10 Å². The highest BCUT2D eigenvalue weighted by atomic mass is 32.1. The summed E-state index contributed by atoms with van der Waals surface area (Å²) in [6.45, 7) is 0.876. The second kappa shape index (κ2) is 5.06. The Morgan fingerprint density at radius 1 is 1.11 bits per heavy atom. The molecule has 0 spiro atoms. The molecular weight excluding hydrogens is 242 g/mol. The van der Waals surface area contributed by atoms with Crippen LogP contribution in [0.15, 0.2) is 54.0 Å². The Morgan fingerprint density at radius 2 is 2.00 bits per heavy atom. The molecule has 0 bridgehead atoms. The van der Waals surface area contributed by atoms with Gasteiger partial charge in [0.15, 0.2) is 0 Å². The molecule has 3 aromatic rings. The van der Waals surface area contributed by atoms with Crippen molar-refractivity contribution in [2.24, 2.45) is 0 Å². The van der Waals surface area contributed by atoms with Crippen molar-refractivity contribution in [2.75, 3.05) is 5.32 Å². The summed E-state index contributed by atoms with van der Waals surface area (Å²) in [5.41, 5.74) is 3.32. The van der Waals surface area contributed by atoms with Gasteiger partial charge in [-0.15, -0.1) is 11.3 Å². The Morgan fingerprint density at radius 3 is 2.67 bits per heavy atom. The molecule has 0 atom stereocenters. The van der Waals surface area contributed by atoms with Crippen molar-refractivity contribution in [1.82, 2.24) is 10.2 Å². The molecule has 2 N–H and O–H groups in total. The van der Waals surface area contributed by atoms with Crippen LogP contribution in [0.4, 0.5) is 5.69 Å². The zero-order valence-electron chi connectivity index (χ0n) is 9.76. The minimum Gasteiger partial charge on any atom is -0.380 e. The number of hydrogen-bond acceptors (Lipinski definition) is 3. The zero-order valence-corrected chi connectivity index (χ0v) is 10.6. The van der Waals surface area contributed by atoms with Crippen molar-refractivity contribution in [3.63, 3.8) is 0 Å². The Balaban J connectivity index is 1.68. The van der Waals surface area contributed by atoms with Crippen LogP contribution in [0.1, 0.15) is 4.88 Å². The van der Waals surface area contributed by atoms with Gasteiger partial charge in [-0.05, 0) is 35.2 Å². The van der Waals surface area contributed by atoms with Gasteiger partial charge in [-0.1, -0.05) is 18.2 Å².